The molecule has 0 aliphatic carbocycles. The SMILES string of the molecule is CC(Oc1cc(C(F)(F)F)cc(C(F)(F)F)c1)C(N)=O. The number of carbonyl (C=O) groups excluding carboxylic acids is 1. The Hall–Kier alpha value is -1.93. The second-order valence-electron chi connectivity index (χ2n) is 3.90. The van der Waals surface area contributed by atoms with E-state index in [1.807, 2.05) is 0 Å². The summed E-state index contributed by atoms with van der Waals surface area (Å²) in [5.41, 5.74) is 1.77. The van der Waals surface area contributed by atoms with E-state index in [9.17, 15) is 31.1 Å². The first kappa shape index (κ1) is 16.1. The van der Waals surface area contributed by atoms with Crippen LogP contribution < -0.4 is 10.5 Å². The molecule has 9 heteroatoms. The Morgan fingerprint density at radius 3 is 1.75 bits per heavy atom. The van der Waals surface area contributed by atoms with E-state index >= 15 is 0 Å². The van der Waals surface area contributed by atoms with Gasteiger partial charge in [0.2, 0.25) is 0 Å². The van der Waals surface area contributed by atoms with Crippen molar-refractivity contribution in [2.45, 2.75) is 25.4 Å². The van der Waals surface area contributed by atoms with Crippen molar-refractivity contribution in [2.75, 3.05) is 0 Å². The fourth-order valence-corrected chi connectivity index (χ4v) is 1.26. The summed E-state index contributed by atoms with van der Waals surface area (Å²) in [7, 11) is 0. The third-order valence-electron chi connectivity index (χ3n) is 2.27. The first-order valence-corrected chi connectivity index (χ1v) is 5.16. The number of hydrogen-bond acceptors (Lipinski definition) is 2. The van der Waals surface area contributed by atoms with Crippen molar-refractivity contribution < 1.29 is 35.9 Å². The Bertz CT molecular complexity index is 476. The highest BCUT2D eigenvalue weighted by molar-refractivity contribution is 5.78. The highest BCUT2D eigenvalue weighted by Gasteiger charge is 2.37. The largest absolute Gasteiger partial charge is 0.481 e. The van der Waals surface area contributed by atoms with Crippen molar-refractivity contribution >= 4 is 5.91 Å². The molecule has 0 aliphatic rings. The molecule has 0 radical (unpaired) electrons. The van der Waals surface area contributed by atoms with Crippen LogP contribution in [0.5, 0.6) is 5.75 Å². The lowest BCUT2D eigenvalue weighted by Crippen LogP contribution is -2.30. The Kier molecular flexibility index (Phi) is 4.21. The topological polar surface area (TPSA) is 52.3 Å². The van der Waals surface area contributed by atoms with E-state index in [0.29, 0.717) is 12.1 Å². The summed E-state index contributed by atoms with van der Waals surface area (Å²) in [6, 6.07) is 0.700. The molecule has 1 aromatic carbocycles. The average molecular weight is 301 g/mol. The van der Waals surface area contributed by atoms with E-state index in [-0.39, 0.29) is 6.07 Å². The van der Waals surface area contributed by atoms with Gasteiger partial charge in [-0.15, -0.1) is 0 Å². The number of hydrogen-bond donors (Lipinski definition) is 1. The van der Waals surface area contributed by atoms with Crippen LogP contribution in [0.1, 0.15) is 18.1 Å². The Morgan fingerprint density at radius 2 is 1.45 bits per heavy atom. The minimum Gasteiger partial charge on any atom is -0.481 e. The summed E-state index contributed by atoms with van der Waals surface area (Å²) in [5, 5.41) is 0. The van der Waals surface area contributed by atoms with Gasteiger partial charge in [-0.1, -0.05) is 0 Å². The number of benzene rings is 1. The maximum Gasteiger partial charge on any atom is 0.416 e. The number of alkyl halides is 6. The predicted octanol–water partition coefficient (Wildman–Crippen LogP) is 2.98. The van der Waals surface area contributed by atoms with Crippen molar-refractivity contribution in [3.8, 4) is 5.75 Å². The molecule has 3 nitrogen and oxygen atoms in total. The molecule has 2 N–H and O–H groups in total. The maximum absolute atomic E-state index is 12.5. The van der Waals surface area contributed by atoms with Crippen LogP contribution >= 0.6 is 0 Å². The number of nitrogens with two attached hydrogens (primary N) is 1. The van der Waals surface area contributed by atoms with Gasteiger partial charge in [-0.05, 0) is 25.1 Å². The normalized spacial score (nSPS) is 13.9. The lowest BCUT2D eigenvalue weighted by molar-refractivity contribution is -0.143. The van der Waals surface area contributed by atoms with Crippen molar-refractivity contribution in [1.82, 2.24) is 0 Å². The molecule has 112 valence electrons. The monoisotopic (exact) mass is 301 g/mol. The summed E-state index contributed by atoms with van der Waals surface area (Å²) in [6.45, 7) is 1.11. The zero-order chi connectivity index (χ0) is 15.7. The van der Waals surface area contributed by atoms with Gasteiger partial charge >= 0.3 is 12.4 Å². The van der Waals surface area contributed by atoms with Gasteiger partial charge < -0.3 is 10.5 Å². The van der Waals surface area contributed by atoms with Crippen LogP contribution in [-0.4, -0.2) is 12.0 Å². The number of rotatable bonds is 3. The molecule has 1 unspecified atom stereocenters. The summed E-state index contributed by atoms with van der Waals surface area (Å²) >= 11 is 0. The molecule has 0 bridgehead atoms. The van der Waals surface area contributed by atoms with Gasteiger partial charge in [0, 0.05) is 0 Å². The van der Waals surface area contributed by atoms with Crippen LogP contribution in [0.4, 0.5) is 26.3 Å². The van der Waals surface area contributed by atoms with Crippen LogP contribution in [0.2, 0.25) is 0 Å². The molecule has 1 aromatic rings. The zero-order valence-electron chi connectivity index (χ0n) is 9.97. The summed E-state index contributed by atoms with van der Waals surface area (Å²) in [6.07, 6.45) is -11.3. The van der Waals surface area contributed by atoms with Gasteiger partial charge in [0.15, 0.2) is 6.10 Å². The van der Waals surface area contributed by atoms with Gasteiger partial charge in [0.1, 0.15) is 5.75 Å². The lowest BCUT2D eigenvalue weighted by Gasteiger charge is -2.16. The number of halogens is 6. The molecule has 1 amide bonds. The van der Waals surface area contributed by atoms with Crippen molar-refractivity contribution in [3.05, 3.63) is 29.3 Å². The van der Waals surface area contributed by atoms with E-state index in [0.717, 1.165) is 6.92 Å². The van der Waals surface area contributed by atoms with Crippen molar-refractivity contribution in [2.24, 2.45) is 5.73 Å². The maximum atomic E-state index is 12.5. The molecule has 0 saturated heterocycles. The Labute approximate surface area is 109 Å². The third kappa shape index (κ3) is 4.04. The molecule has 20 heavy (non-hydrogen) atoms. The fourth-order valence-electron chi connectivity index (χ4n) is 1.26. The highest BCUT2D eigenvalue weighted by Crippen LogP contribution is 2.38. The van der Waals surface area contributed by atoms with Gasteiger partial charge in [-0.2, -0.15) is 26.3 Å². The second kappa shape index (κ2) is 5.22. The molecule has 0 saturated carbocycles. The first-order chi connectivity index (χ1) is 8.91. The minimum absolute atomic E-state index is 0.0399. The fraction of sp³-hybridized carbons (Fsp3) is 0.364. The van der Waals surface area contributed by atoms with Crippen LogP contribution in [-0.2, 0) is 17.1 Å². The van der Waals surface area contributed by atoms with Gasteiger partial charge in [-0.25, -0.2) is 0 Å². The molecular formula is C11H9F6NO2. The van der Waals surface area contributed by atoms with E-state index in [1.54, 1.807) is 0 Å². The molecule has 0 spiro atoms. The molecule has 1 rings (SSSR count). The Balaban J connectivity index is 3.28. The number of primary amides is 1. The van der Waals surface area contributed by atoms with Gasteiger partial charge in [0.05, 0.1) is 11.1 Å². The average Bonchev–Trinajstić information content (AvgIpc) is 2.26. The van der Waals surface area contributed by atoms with Crippen molar-refractivity contribution in [3.63, 3.8) is 0 Å². The van der Waals surface area contributed by atoms with E-state index in [2.05, 4.69) is 4.74 Å². The highest BCUT2D eigenvalue weighted by atomic mass is 19.4. The predicted molar refractivity (Wildman–Crippen MR) is 55.7 cm³/mol. The standard InChI is InChI=1S/C11H9F6NO2/c1-5(9(18)19)20-8-3-6(10(12,13)14)2-7(4-8)11(15,16)17/h2-5H,1H3,(H2,18,19). The molecule has 0 aliphatic heterocycles. The quantitative estimate of drug-likeness (QED) is 0.873. The molecule has 0 aromatic heterocycles. The van der Waals surface area contributed by atoms with Gasteiger partial charge in [0.25, 0.3) is 5.91 Å². The molecule has 1 atom stereocenters. The smallest absolute Gasteiger partial charge is 0.416 e. The number of carbonyl (C=O) groups is 1. The molecule has 0 fully saturated rings. The molecule has 0 heterocycles. The van der Waals surface area contributed by atoms with E-state index in [4.69, 9.17) is 5.73 Å². The zero-order valence-corrected chi connectivity index (χ0v) is 9.97. The lowest BCUT2D eigenvalue weighted by atomic mass is 10.1. The van der Waals surface area contributed by atoms with Crippen molar-refractivity contribution in [1.29, 1.82) is 0 Å². The van der Waals surface area contributed by atoms with Crippen LogP contribution in [0, 0.1) is 0 Å². The second-order valence-corrected chi connectivity index (χ2v) is 3.90. The number of ether oxygens (including phenoxy) is 1. The molecular weight excluding hydrogens is 292 g/mol. The summed E-state index contributed by atoms with van der Waals surface area (Å²) < 4.78 is 79.8. The minimum atomic E-state index is -4.98. The first-order valence-electron chi connectivity index (χ1n) is 5.16. The summed E-state index contributed by atoms with van der Waals surface area (Å²) in [4.78, 5) is 10.7. The van der Waals surface area contributed by atoms with E-state index in [1.165, 1.54) is 0 Å². The Morgan fingerprint density at radius 1 is 1.05 bits per heavy atom. The summed E-state index contributed by atoms with van der Waals surface area (Å²) in [5.74, 6) is -1.76. The number of amides is 1. The van der Waals surface area contributed by atoms with Crippen LogP contribution in [0.3, 0.4) is 0 Å². The van der Waals surface area contributed by atoms with Crippen LogP contribution in [0.25, 0.3) is 0 Å². The van der Waals surface area contributed by atoms with Crippen LogP contribution in [0.15, 0.2) is 18.2 Å². The van der Waals surface area contributed by atoms with Gasteiger partial charge in [-0.3, -0.25) is 4.79 Å². The van der Waals surface area contributed by atoms with E-state index < -0.39 is 41.2 Å². The third-order valence-corrected chi connectivity index (χ3v) is 2.27.